The molecule has 0 bridgehead atoms. The fourth-order valence-corrected chi connectivity index (χ4v) is 5.67. The quantitative estimate of drug-likeness (QED) is 0.415. The summed E-state index contributed by atoms with van der Waals surface area (Å²) in [5.74, 6) is 0.353. The molecule has 0 saturated carbocycles. The highest BCUT2D eigenvalue weighted by Crippen LogP contribution is 2.35. The van der Waals surface area contributed by atoms with Gasteiger partial charge in [0.1, 0.15) is 0 Å². The van der Waals surface area contributed by atoms with Crippen LogP contribution in [0.25, 0.3) is 11.1 Å². The Kier molecular flexibility index (Phi) is 8.30. The van der Waals surface area contributed by atoms with Crippen LogP contribution in [0.2, 0.25) is 0 Å². The summed E-state index contributed by atoms with van der Waals surface area (Å²) in [4.78, 5) is 17.2. The Labute approximate surface area is 232 Å². The van der Waals surface area contributed by atoms with E-state index in [-0.39, 0.29) is 11.8 Å². The van der Waals surface area contributed by atoms with Crippen LogP contribution >= 0.6 is 0 Å². The number of aliphatic hydroxyl groups is 1. The lowest BCUT2D eigenvalue weighted by molar-refractivity contribution is -0.136. The highest BCUT2D eigenvalue weighted by Gasteiger charge is 2.36. The van der Waals surface area contributed by atoms with E-state index in [4.69, 9.17) is 5.73 Å². The number of hydrogen-bond donors (Lipinski definition) is 2. The number of piperidine rings is 1. The highest BCUT2D eigenvalue weighted by atomic mass is 16.3. The second kappa shape index (κ2) is 12.0. The van der Waals surface area contributed by atoms with E-state index in [0.717, 1.165) is 23.2 Å². The van der Waals surface area contributed by atoms with Crippen molar-refractivity contribution >= 4 is 17.1 Å². The first-order valence-corrected chi connectivity index (χ1v) is 14.0. The van der Waals surface area contributed by atoms with E-state index in [1.54, 1.807) is 0 Å². The van der Waals surface area contributed by atoms with Crippen LogP contribution in [-0.4, -0.2) is 52.6 Å². The lowest BCUT2D eigenvalue weighted by Gasteiger charge is -2.41. The number of β-amino-alcohol motifs (C(OH)–C–C–N with tert-alkyl or cyclic N) is 1. The molecule has 202 valence electrons. The van der Waals surface area contributed by atoms with Crippen LogP contribution < -0.4 is 5.73 Å². The van der Waals surface area contributed by atoms with Crippen LogP contribution in [0.1, 0.15) is 54.4 Å². The molecule has 1 fully saturated rings. The van der Waals surface area contributed by atoms with Gasteiger partial charge in [-0.1, -0.05) is 97.9 Å². The van der Waals surface area contributed by atoms with E-state index in [1.807, 2.05) is 29.2 Å². The van der Waals surface area contributed by atoms with E-state index in [9.17, 15) is 9.90 Å². The summed E-state index contributed by atoms with van der Waals surface area (Å²) in [6, 6.07) is 29.1. The molecule has 3 aromatic carbocycles. The Balaban J connectivity index is 1.25. The molecule has 2 heterocycles. The van der Waals surface area contributed by atoms with Crippen LogP contribution in [0, 0.1) is 0 Å². The van der Waals surface area contributed by atoms with Gasteiger partial charge in [0.15, 0.2) is 0 Å². The van der Waals surface area contributed by atoms with Crippen LogP contribution in [0.15, 0.2) is 97.2 Å². The van der Waals surface area contributed by atoms with Gasteiger partial charge in [-0.3, -0.25) is 4.79 Å². The topological polar surface area (TPSA) is 69.8 Å². The molecule has 1 saturated heterocycles. The number of likely N-dealkylation sites (tertiary alicyclic amines) is 1. The Morgan fingerprint density at radius 2 is 1.51 bits per heavy atom. The van der Waals surface area contributed by atoms with Gasteiger partial charge in [0, 0.05) is 50.9 Å². The molecule has 5 nitrogen and oxygen atoms in total. The lowest BCUT2D eigenvalue weighted by atomic mass is 9.88. The second-order valence-electron chi connectivity index (χ2n) is 11.0. The Hall–Kier alpha value is -3.67. The molecule has 1 atom stereocenters. The van der Waals surface area contributed by atoms with Gasteiger partial charge in [0.2, 0.25) is 5.91 Å². The molecule has 5 heteroatoms. The molecular weight excluding hydrogens is 482 g/mol. The van der Waals surface area contributed by atoms with Crippen molar-refractivity contribution in [2.45, 2.75) is 44.2 Å². The third-order valence-electron chi connectivity index (χ3n) is 8.11. The van der Waals surface area contributed by atoms with Crippen LogP contribution in [0.5, 0.6) is 0 Å². The smallest absolute Gasteiger partial charge is 0.223 e. The highest BCUT2D eigenvalue weighted by molar-refractivity contribution is 6.05. The Morgan fingerprint density at radius 1 is 0.897 bits per heavy atom. The second-order valence-corrected chi connectivity index (χ2v) is 11.0. The minimum Gasteiger partial charge on any atom is -0.388 e. The number of carbonyl (C=O) groups is 1. The standard InChI is InChI=1S/C34H39N3O2/c1-26(28-8-4-2-5-9-28)22-33(38)37-20-17-34(39,18-21-37)25-36-19-16-31(29-10-6-3-7-11-29)32(24-36)30-14-12-27(23-35)13-15-30/h2-16,24,26,39H,17-23,25,35H2,1H3/t26-/m1/s1. The number of nitrogens with two attached hydrogens (primary N) is 1. The fourth-order valence-electron chi connectivity index (χ4n) is 5.67. The monoisotopic (exact) mass is 521 g/mol. The minimum absolute atomic E-state index is 0.171. The van der Waals surface area contributed by atoms with Gasteiger partial charge in [-0.2, -0.15) is 0 Å². The summed E-state index contributed by atoms with van der Waals surface area (Å²) in [7, 11) is 0. The van der Waals surface area contributed by atoms with Gasteiger partial charge < -0.3 is 20.6 Å². The van der Waals surface area contributed by atoms with E-state index < -0.39 is 5.60 Å². The first-order chi connectivity index (χ1) is 18.9. The Morgan fingerprint density at radius 3 is 2.15 bits per heavy atom. The molecule has 0 aromatic heterocycles. The zero-order valence-corrected chi connectivity index (χ0v) is 22.8. The third-order valence-corrected chi connectivity index (χ3v) is 8.11. The fraction of sp³-hybridized carbons (Fsp3) is 0.324. The van der Waals surface area contributed by atoms with Gasteiger partial charge in [0.05, 0.1) is 5.60 Å². The van der Waals surface area contributed by atoms with E-state index >= 15 is 0 Å². The average molecular weight is 522 g/mol. The van der Waals surface area contributed by atoms with Gasteiger partial charge in [-0.25, -0.2) is 0 Å². The van der Waals surface area contributed by atoms with Crippen molar-refractivity contribution in [3.8, 4) is 0 Å². The number of nitrogens with zero attached hydrogens (tertiary/aromatic N) is 2. The van der Waals surface area contributed by atoms with Crippen molar-refractivity contribution in [3.05, 3.63) is 119 Å². The molecule has 2 aliphatic heterocycles. The molecule has 2 aliphatic rings. The van der Waals surface area contributed by atoms with Crippen molar-refractivity contribution in [3.63, 3.8) is 0 Å². The lowest BCUT2D eigenvalue weighted by Crippen LogP contribution is -2.51. The maximum absolute atomic E-state index is 13.0. The summed E-state index contributed by atoms with van der Waals surface area (Å²) in [5.41, 5.74) is 11.9. The predicted molar refractivity (Wildman–Crippen MR) is 159 cm³/mol. The third kappa shape index (κ3) is 6.49. The Bertz CT molecular complexity index is 1310. The van der Waals surface area contributed by atoms with E-state index in [1.165, 1.54) is 16.7 Å². The zero-order valence-electron chi connectivity index (χ0n) is 22.8. The van der Waals surface area contributed by atoms with Crippen LogP contribution in [0.4, 0.5) is 0 Å². The summed E-state index contributed by atoms with van der Waals surface area (Å²) in [6.07, 6.45) is 6.11. The largest absolute Gasteiger partial charge is 0.388 e. The van der Waals surface area contributed by atoms with Crippen molar-refractivity contribution in [2.75, 3.05) is 26.2 Å². The van der Waals surface area contributed by atoms with Gasteiger partial charge in [-0.05, 0) is 46.6 Å². The summed E-state index contributed by atoms with van der Waals surface area (Å²) in [5, 5.41) is 11.5. The predicted octanol–water partition coefficient (Wildman–Crippen LogP) is 5.43. The molecule has 3 N–H and O–H groups in total. The van der Waals surface area contributed by atoms with Gasteiger partial charge >= 0.3 is 0 Å². The van der Waals surface area contributed by atoms with Crippen molar-refractivity contribution in [1.29, 1.82) is 0 Å². The number of rotatable bonds is 8. The molecule has 3 aromatic rings. The first kappa shape index (κ1) is 26.9. The van der Waals surface area contributed by atoms with E-state index in [0.29, 0.717) is 45.4 Å². The van der Waals surface area contributed by atoms with Gasteiger partial charge in [-0.15, -0.1) is 0 Å². The summed E-state index contributed by atoms with van der Waals surface area (Å²) in [6.45, 7) is 5.07. The summed E-state index contributed by atoms with van der Waals surface area (Å²) >= 11 is 0. The van der Waals surface area contributed by atoms with Crippen molar-refractivity contribution < 1.29 is 9.90 Å². The normalized spacial score (nSPS) is 17.8. The summed E-state index contributed by atoms with van der Waals surface area (Å²) < 4.78 is 0. The molecule has 0 radical (unpaired) electrons. The molecule has 0 spiro atoms. The molecular formula is C34H39N3O2. The number of benzene rings is 3. The molecule has 39 heavy (non-hydrogen) atoms. The number of allylic oxidation sites excluding steroid dienone is 2. The molecule has 0 unspecified atom stereocenters. The van der Waals surface area contributed by atoms with Crippen LogP contribution in [-0.2, 0) is 11.3 Å². The molecule has 0 aliphatic carbocycles. The van der Waals surface area contributed by atoms with Crippen molar-refractivity contribution in [2.24, 2.45) is 5.73 Å². The molecule has 5 rings (SSSR count). The number of carbonyl (C=O) groups excluding carboxylic acids is 1. The minimum atomic E-state index is -0.828. The zero-order chi connectivity index (χ0) is 27.2. The SMILES string of the molecule is C[C@H](CC(=O)N1CCC(O)(CN2C=C(c3ccc(CN)cc3)C(c3ccccc3)=CC2)CC1)c1ccccc1. The van der Waals surface area contributed by atoms with E-state index in [2.05, 4.69) is 84.8 Å². The first-order valence-electron chi connectivity index (χ1n) is 14.0. The maximum Gasteiger partial charge on any atom is 0.223 e. The number of hydrogen-bond acceptors (Lipinski definition) is 4. The average Bonchev–Trinajstić information content (AvgIpc) is 2.98. The molecule has 1 amide bonds. The number of amides is 1. The van der Waals surface area contributed by atoms with Crippen LogP contribution in [0.3, 0.4) is 0 Å². The van der Waals surface area contributed by atoms with Crippen molar-refractivity contribution in [1.82, 2.24) is 9.80 Å². The maximum atomic E-state index is 13.0. The van der Waals surface area contributed by atoms with Gasteiger partial charge in [0.25, 0.3) is 0 Å².